The molecule has 3 heterocycles. The van der Waals surface area contributed by atoms with Crippen molar-refractivity contribution >= 4 is 37.3 Å². The van der Waals surface area contributed by atoms with Crippen LogP contribution in [0.5, 0.6) is 0 Å². The molecule has 2 aromatic heterocycles. The monoisotopic (exact) mass is 346 g/mol. The largest absolute Gasteiger partial charge is 0.312 e. The molecule has 0 bridgehead atoms. The molecular weight excluding hydrogens is 332 g/mol. The van der Waals surface area contributed by atoms with Gasteiger partial charge in [0.05, 0.1) is 16.3 Å². The highest BCUT2D eigenvalue weighted by atomic mass is 32.2. The number of rotatable bonds is 3. The Kier molecular flexibility index (Phi) is 3.51. The average molecular weight is 346 g/mol. The van der Waals surface area contributed by atoms with Crippen molar-refractivity contribution < 1.29 is 8.42 Å². The molecule has 0 unspecified atom stereocenters. The second kappa shape index (κ2) is 5.55. The van der Waals surface area contributed by atoms with Gasteiger partial charge in [0.1, 0.15) is 0 Å². The molecule has 0 saturated heterocycles. The van der Waals surface area contributed by atoms with E-state index >= 15 is 0 Å². The quantitative estimate of drug-likeness (QED) is 0.759. The zero-order valence-electron chi connectivity index (χ0n) is 12.1. The van der Waals surface area contributed by atoms with Crippen LogP contribution in [0.4, 0.5) is 5.69 Å². The van der Waals surface area contributed by atoms with Gasteiger partial charge in [-0.25, -0.2) is 4.98 Å². The highest BCUT2D eigenvalue weighted by Crippen LogP contribution is 2.26. The van der Waals surface area contributed by atoms with Crippen LogP contribution in [-0.2, 0) is 23.0 Å². The van der Waals surface area contributed by atoms with Crippen molar-refractivity contribution in [3.05, 3.63) is 47.8 Å². The molecule has 0 radical (unpaired) electrons. The maximum absolute atomic E-state index is 12.7. The van der Waals surface area contributed by atoms with Gasteiger partial charge in [-0.3, -0.25) is 4.72 Å². The summed E-state index contributed by atoms with van der Waals surface area (Å²) in [6, 6.07) is 7.42. The van der Waals surface area contributed by atoms with Gasteiger partial charge >= 0.3 is 0 Å². The van der Waals surface area contributed by atoms with E-state index in [0.717, 1.165) is 29.8 Å². The molecule has 0 saturated carbocycles. The second-order valence-electron chi connectivity index (χ2n) is 5.37. The number of sulfonamides is 1. The normalized spacial score (nSPS) is 14.6. The predicted octanol–water partition coefficient (Wildman–Crippen LogP) is 2.14. The number of benzene rings is 1. The van der Waals surface area contributed by atoms with Crippen molar-refractivity contribution in [3.8, 4) is 0 Å². The lowest BCUT2D eigenvalue weighted by molar-refractivity contribution is 0.598. The number of pyridine rings is 1. The fourth-order valence-corrected chi connectivity index (χ4v) is 4.62. The number of aromatic nitrogens is 2. The summed E-state index contributed by atoms with van der Waals surface area (Å²) in [4.78, 5) is 4.04. The topological polar surface area (TPSA) is 84.0 Å². The highest BCUT2D eigenvalue weighted by molar-refractivity contribution is 7.92. The van der Waals surface area contributed by atoms with Crippen LogP contribution in [0.1, 0.15) is 11.1 Å². The third-order valence-corrected chi connectivity index (χ3v) is 5.95. The van der Waals surface area contributed by atoms with E-state index in [9.17, 15) is 8.42 Å². The van der Waals surface area contributed by atoms with Crippen LogP contribution in [0, 0.1) is 0 Å². The minimum absolute atomic E-state index is 0.0135. The Morgan fingerprint density at radius 1 is 1.22 bits per heavy atom. The first-order valence-corrected chi connectivity index (χ1v) is 9.44. The van der Waals surface area contributed by atoms with Crippen LogP contribution in [0.15, 0.2) is 41.7 Å². The summed E-state index contributed by atoms with van der Waals surface area (Å²) in [5.74, 6) is 0. The standard InChI is InChI=1S/C15H14N4O2S2/c20-23(21,15-13-9-18-22-14(13)4-6-17-15)19-12-2-1-10-3-5-16-8-11(10)7-12/h1-2,4,6-7,9,16,19H,3,5,8H2. The van der Waals surface area contributed by atoms with Gasteiger partial charge < -0.3 is 5.32 Å². The van der Waals surface area contributed by atoms with Crippen LogP contribution in [0.25, 0.3) is 10.1 Å². The maximum atomic E-state index is 12.7. The molecule has 3 aromatic rings. The maximum Gasteiger partial charge on any atom is 0.280 e. The van der Waals surface area contributed by atoms with Crippen molar-refractivity contribution in [3.63, 3.8) is 0 Å². The van der Waals surface area contributed by atoms with E-state index in [2.05, 4.69) is 19.4 Å². The Morgan fingerprint density at radius 2 is 2.13 bits per heavy atom. The van der Waals surface area contributed by atoms with Gasteiger partial charge in [0.2, 0.25) is 0 Å². The first-order valence-electron chi connectivity index (χ1n) is 7.18. The van der Waals surface area contributed by atoms with Gasteiger partial charge in [0.15, 0.2) is 5.03 Å². The lowest BCUT2D eigenvalue weighted by Gasteiger charge is -2.18. The lowest BCUT2D eigenvalue weighted by Crippen LogP contribution is -2.24. The van der Waals surface area contributed by atoms with Gasteiger partial charge in [0, 0.05) is 18.4 Å². The summed E-state index contributed by atoms with van der Waals surface area (Å²) >= 11 is 1.25. The van der Waals surface area contributed by atoms with E-state index in [1.54, 1.807) is 18.3 Å². The summed E-state index contributed by atoms with van der Waals surface area (Å²) in [6.45, 7) is 1.71. The van der Waals surface area contributed by atoms with Crippen LogP contribution in [0.2, 0.25) is 0 Å². The number of nitrogens with zero attached hydrogens (tertiary/aromatic N) is 2. The minimum atomic E-state index is -3.75. The summed E-state index contributed by atoms with van der Waals surface area (Å²) in [7, 11) is -3.75. The van der Waals surface area contributed by atoms with Crippen molar-refractivity contribution in [2.24, 2.45) is 0 Å². The SMILES string of the molecule is O=S(=O)(Nc1ccc2c(c1)CNCC2)c1nccc2sncc12. The van der Waals surface area contributed by atoms with Gasteiger partial charge in [-0.2, -0.15) is 12.8 Å². The van der Waals surface area contributed by atoms with E-state index in [0.29, 0.717) is 11.1 Å². The van der Waals surface area contributed by atoms with E-state index in [1.165, 1.54) is 23.3 Å². The van der Waals surface area contributed by atoms with Crippen LogP contribution in [0.3, 0.4) is 0 Å². The number of fused-ring (bicyclic) bond motifs is 2. The fourth-order valence-electron chi connectivity index (χ4n) is 2.73. The second-order valence-corrected chi connectivity index (χ2v) is 7.80. The molecule has 8 heteroatoms. The zero-order valence-corrected chi connectivity index (χ0v) is 13.7. The van der Waals surface area contributed by atoms with Gasteiger partial charge in [-0.05, 0) is 53.8 Å². The van der Waals surface area contributed by atoms with E-state index in [4.69, 9.17) is 0 Å². The Bertz CT molecular complexity index is 982. The molecular formula is C15H14N4O2S2. The highest BCUT2D eigenvalue weighted by Gasteiger charge is 2.21. The third kappa shape index (κ3) is 2.69. The van der Waals surface area contributed by atoms with Crippen molar-refractivity contribution in [2.75, 3.05) is 11.3 Å². The fraction of sp³-hybridized carbons (Fsp3) is 0.200. The first kappa shape index (κ1) is 14.6. The molecule has 0 amide bonds. The van der Waals surface area contributed by atoms with Crippen molar-refractivity contribution in [2.45, 2.75) is 18.0 Å². The molecule has 0 spiro atoms. The molecule has 4 rings (SSSR count). The molecule has 0 fully saturated rings. The zero-order chi connectivity index (χ0) is 15.9. The molecule has 1 aliphatic rings. The molecule has 2 N–H and O–H groups in total. The van der Waals surface area contributed by atoms with Gasteiger partial charge in [-0.1, -0.05) is 6.07 Å². The molecule has 1 aromatic carbocycles. The molecule has 6 nitrogen and oxygen atoms in total. The Balaban J connectivity index is 1.71. The number of hydrogen-bond donors (Lipinski definition) is 2. The molecule has 0 atom stereocenters. The Labute approximate surface area is 137 Å². The first-order chi connectivity index (χ1) is 11.1. The summed E-state index contributed by atoms with van der Waals surface area (Å²) in [6.07, 6.45) is 3.99. The van der Waals surface area contributed by atoms with Crippen LogP contribution in [-0.4, -0.2) is 24.3 Å². The summed E-state index contributed by atoms with van der Waals surface area (Å²) < 4.78 is 32.8. The molecule has 0 aliphatic carbocycles. The smallest absolute Gasteiger partial charge is 0.280 e. The predicted molar refractivity (Wildman–Crippen MR) is 90.1 cm³/mol. The van der Waals surface area contributed by atoms with E-state index < -0.39 is 10.0 Å². The Hall–Kier alpha value is -2.03. The van der Waals surface area contributed by atoms with E-state index in [1.807, 2.05) is 12.1 Å². The van der Waals surface area contributed by atoms with Crippen LogP contribution >= 0.6 is 11.5 Å². The van der Waals surface area contributed by atoms with Gasteiger partial charge in [-0.15, -0.1) is 0 Å². The summed E-state index contributed by atoms with van der Waals surface area (Å²) in [5, 5.41) is 3.85. The number of anilines is 1. The van der Waals surface area contributed by atoms with Crippen molar-refractivity contribution in [1.29, 1.82) is 0 Å². The Morgan fingerprint density at radius 3 is 3.04 bits per heavy atom. The van der Waals surface area contributed by atoms with E-state index in [-0.39, 0.29) is 5.03 Å². The van der Waals surface area contributed by atoms with Gasteiger partial charge in [0.25, 0.3) is 10.0 Å². The van der Waals surface area contributed by atoms with Crippen molar-refractivity contribution in [1.82, 2.24) is 14.7 Å². The summed E-state index contributed by atoms with van der Waals surface area (Å²) in [5.41, 5.74) is 2.93. The molecule has 118 valence electrons. The third-order valence-electron chi connectivity index (χ3n) is 3.85. The minimum Gasteiger partial charge on any atom is -0.312 e. The number of hydrogen-bond acceptors (Lipinski definition) is 6. The average Bonchev–Trinajstić information content (AvgIpc) is 3.02. The molecule has 23 heavy (non-hydrogen) atoms. The van der Waals surface area contributed by atoms with Crippen LogP contribution < -0.4 is 10.0 Å². The molecule has 1 aliphatic heterocycles. The lowest BCUT2D eigenvalue weighted by atomic mass is 10.0. The number of nitrogens with one attached hydrogen (secondary N) is 2.